The molecule has 0 saturated carbocycles. The van der Waals surface area contributed by atoms with Gasteiger partial charge in [-0.15, -0.1) is 11.8 Å². The van der Waals surface area contributed by atoms with E-state index in [0.29, 0.717) is 29.4 Å². The van der Waals surface area contributed by atoms with E-state index in [9.17, 15) is 14.0 Å². The molecule has 28 heavy (non-hydrogen) atoms. The molecule has 1 aliphatic heterocycles. The number of ether oxygens (including phenoxy) is 2. The van der Waals surface area contributed by atoms with E-state index in [0.717, 1.165) is 5.56 Å². The van der Waals surface area contributed by atoms with Gasteiger partial charge < -0.3 is 20.1 Å². The molecule has 1 heterocycles. The van der Waals surface area contributed by atoms with E-state index in [2.05, 4.69) is 10.6 Å². The van der Waals surface area contributed by atoms with Crippen LogP contribution < -0.4 is 20.1 Å². The Morgan fingerprint density at radius 2 is 1.96 bits per heavy atom. The molecule has 0 radical (unpaired) electrons. The Balaban J connectivity index is 1.61. The van der Waals surface area contributed by atoms with Crippen molar-refractivity contribution in [3.05, 3.63) is 53.8 Å². The summed E-state index contributed by atoms with van der Waals surface area (Å²) in [7, 11) is 3.04. The van der Waals surface area contributed by atoms with Crippen LogP contribution >= 0.6 is 11.8 Å². The number of hydrogen-bond donors (Lipinski definition) is 2. The SMILES string of the molecule is COc1ccc(OC)c(NC(=O)C2CSC(Cc3ccc(F)cc3)C(=O)N2)c1. The fourth-order valence-electron chi connectivity index (χ4n) is 2.85. The Hall–Kier alpha value is -2.74. The third kappa shape index (κ3) is 4.75. The van der Waals surface area contributed by atoms with Crippen molar-refractivity contribution in [1.29, 1.82) is 0 Å². The van der Waals surface area contributed by atoms with Crippen molar-refractivity contribution < 1.29 is 23.5 Å². The summed E-state index contributed by atoms with van der Waals surface area (Å²) in [6, 6.07) is 10.5. The van der Waals surface area contributed by atoms with Gasteiger partial charge in [-0.25, -0.2) is 4.39 Å². The zero-order chi connectivity index (χ0) is 20.1. The molecule has 1 aliphatic rings. The molecule has 0 spiro atoms. The molecule has 1 fully saturated rings. The van der Waals surface area contributed by atoms with Crippen LogP contribution in [0.4, 0.5) is 10.1 Å². The van der Waals surface area contributed by atoms with Crippen LogP contribution in [-0.4, -0.2) is 43.1 Å². The fourth-order valence-corrected chi connectivity index (χ4v) is 4.04. The quantitative estimate of drug-likeness (QED) is 0.774. The van der Waals surface area contributed by atoms with Crippen LogP contribution in [0.2, 0.25) is 0 Å². The van der Waals surface area contributed by atoms with Gasteiger partial charge in [0.05, 0.1) is 25.2 Å². The lowest BCUT2D eigenvalue weighted by atomic mass is 10.1. The average molecular weight is 404 g/mol. The first-order valence-corrected chi connectivity index (χ1v) is 9.74. The summed E-state index contributed by atoms with van der Waals surface area (Å²) in [6.45, 7) is 0. The Morgan fingerprint density at radius 1 is 1.21 bits per heavy atom. The fraction of sp³-hybridized carbons (Fsp3) is 0.300. The third-order valence-corrected chi connectivity index (χ3v) is 5.70. The molecule has 8 heteroatoms. The van der Waals surface area contributed by atoms with E-state index in [1.807, 2.05) is 0 Å². The maximum atomic E-state index is 13.0. The number of benzene rings is 2. The van der Waals surface area contributed by atoms with Gasteiger partial charge in [-0.2, -0.15) is 0 Å². The molecular weight excluding hydrogens is 383 g/mol. The summed E-state index contributed by atoms with van der Waals surface area (Å²) < 4.78 is 23.4. The summed E-state index contributed by atoms with van der Waals surface area (Å²) in [4.78, 5) is 25.0. The molecule has 1 saturated heterocycles. The van der Waals surface area contributed by atoms with Gasteiger partial charge in [0, 0.05) is 11.8 Å². The third-order valence-electron chi connectivity index (χ3n) is 4.39. The zero-order valence-electron chi connectivity index (χ0n) is 15.5. The topological polar surface area (TPSA) is 76.7 Å². The Bertz CT molecular complexity index is 860. The number of hydrogen-bond acceptors (Lipinski definition) is 5. The van der Waals surface area contributed by atoms with E-state index in [4.69, 9.17) is 9.47 Å². The van der Waals surface area contributed by atoms with Crippen molar-refractivity contribution in [2.75, 3.05) is 25.3 Å². The van der Waals surface area contributed by atoms with Crippen LogP contribution in [0.25, 0.3) is 0 Å². The highest BCUT2D eigenvalue weighted by Gasteiger charge is 2.32. The molecule has 2 aromatic carbocycles. The number of carbonyl (C=O) groups is 2. The van der Waals surface area contributed by atoms with E-state index in [1.54, 1.807) is 30.3 Å². The van der Waals surface area contributed by atoms with Crippen LogP contribution in [0.1, 0.15) is 5.56 Å². The van der Waals surface area contributed by atoms with Crippen LogP contribution in [0.3, 0.4) is 0 Å². The van der Waals surface area contributed by atoms with Crippen LogP contribution in [-0.2, 0) is 16.0 Å². The van der Waals surface area contributed by atoms with Crippen LogP contribution in [0.15, 0.2) is 42.5 Å². The van der Waals surface area contributed by atoms with Crippen molar-refractivity contribution in [2.45, 2.75) is 17.7 Å². The molecule has 2 aromatic rings. The normalized spacial score (nSPS) is 18.9. The van der Waals surface area contributed by atoms with Gasteiger partial charge in [0.25, 0.3) is 0 Å². The van der Waals surface area contributed by atoms with E-state index in [-0.39, 0.29) is 22.9 Å². The van der Waals surface area contributed by atoms with Crippen molar-refractivity contribution >= 4 is 29.3 Å². The molecule has 2 unspecified atom stereocenters. The maximum absolute atomic E-state index is 13.0. The van der Waals surface area contributed by atoms with Crippen molar-refractivity contribution in [2.24, 2.45) is 0 Å². The highest BCUT2D eigenvalue weighted by atomic mass is 32.2. The number of methoxy groups -OCH3 is 2. The minimum atomic E-state index is -0.655. The monoisotopic (exact) mass is 404 g/mol. The van der Waals surface area contributed by atoms with E-state index in [1.165, 1.54) is 38.1 Å². The largest absolute Gasteiger partial charge is 0.497 e. The second-order valence-corrected chi connectivity index (χ2v) is 7.50. The van der Waals surface area contributed by atoms with Gasteiger partial charge in [-0.05, 0) is 36.2 Å². The van der Waals surface area contributed by atoms with Gasteiger partial charge in [-0.3, -0.25) is 9.59 Å². The molecular formula is C20H21FN2O4S. The highest BCUT2D eigenvalue weighted by Crippen LogP contribution is 2.29. The van der Waals surface area contributed by atoms with Gasteiger partial charge >= 0.3 is 0 Å². The van der Waals surface area contributed by atoms with E-state index < -0.39 is 6.04 Å². The van der Waals surface area contributed by atoms with Crippen molar-refractivity contribution in [1.82, 2.24) is 5.32 Å². The summed E-state index contributed by atoms with van der Waals surface area (Å²) in [5, 5.41) is 5.23. The average Bonchev–Trinajstić information content (AvgIpc) is 2.71. The number of halogens is 1. The molecule has 148 valence electrons. The predicted octanol–water partition coefficient (Wildman–Crippen LogP) is 2.62. The maximum Gasteiger partial charge on any atom is 0.247 e. The molecule has 0 aromatic heterocycles. The second-order valence-electron chi connectivity index (χ2n) is 6.27. The summed E-state index contributed by atoms with van der Waals surface area (Å²) in [5.41, 5.74) is 1.35. The second kappa shape index (κ2) is 8.97. The smallest absolute Gasteiger partial charge is 0.247 e. The Labute approximate surface area is 166 Å². The number of carbonyl (C=O) groups excluding carboxylic acids is 2. The van der Waals surface area contributed by atoms with Gasteiger partial charge in [0.2, 0.25) is 11.8 Å². The van der Waals surface area contributed by atoms with E-state index >= 15 is 0 Å². The minimum absolute atomic E-state index is 0.210. The number of amides is 2. The first-order valence-electron chi connectivity index (χ1n) is 8.69. The number of rotatable bonds is 6. The summed E-state index contributed by atoms with van der Waals surface area (Å²) in [6.07, 6.45) is 0.481. The minimum Gasteiger partial charge on any atom is -0.497 e. The predicted molar refractivity (Wildman–Crippen MR) is 106 cm³/mol. The van der Waals surface area contributed by atoms with Crippen LogP contribution in [0.5, 0.6) is 11.5 Å². The number of thioether (sulfide) groups is 1. The zero-order valence-corrected chi connectivity index (χ0v) is 16.3. The molecule has 2 atom stereocenters. The van der Waals surface area contributed by atoms with Gasteiger partial charge in [0.1, 0.15) is 23.4 Å². The van der Waals surface area contributed by atoms with Crippen molar-refractivity contribution in [3.8, 4) is 11.5 Å². The first kappa shape index (κ1) is 20.0. The van der Waals surface area contributed by atoms with Gasteiger partial charge in [-0.1, -0.05) is 12.1 Å². The lowest BCUT2D eigenvalue weighted by Crippen LogP contribution is -2.52. The Morgan fingerprint density at radius 3 is 2.61 bits per heavy atom. The lowest BCUT2D eigenvalue weighted by Gasteiger charge is -2.28. The Kier molecular flexibility index (Phi) is 6.41. The highest BCUT2D eigenvalue weighted by molar-refractivity contribution is 8.00. The first-order chi connectivity index (χ1) is 13.5. The molecule has 6 nitrogen and oxygen atoms in total. The summed E-state index contributed by atoms with van der Waals surface area (Å²) >= 11 is 1.41. The molecule has 0 aliphatic carbocycles. The number of nitrogens with one attached hydrogen (secondary N) is 2. The van der Waals surface area contributed by atoms with Crippen LogP contribution in [0, 0.1) is 5.82 Å². The molecule has 3 rings (SSSR count). The molecule has 2 amide bonds. The van der Waals surface area contributed by atoms with Gasteiger partial charge in [0.15, 0.2) is 0 Å². The lowest BCUT2D eigenvalue weighted by molar-refractivity contribution is -0.126. The molecule has 0 bridgehead atoms. The standard InChI is InChI=1S/C20H21FN2O4S/c1-26-14-7-8-17(27-2)15(10-14)22-19(24)16-11-28-18(20(25)23-16)9-12-3-5-13(21)6-4-12/h3-8,10,16,18H,9,11H2,1-2H3,(H,22,24)(H,23,25). The summed E-state index contributed by atoms with van der Waals surface area (Å²) in [5.74, 6) is 0.672. The molecule has 2 N–H and O–H groups in total. The van der Waals surface area contributed by atoms with Crippen molar-refractivity contribution in [3.63, 3.8) is 0 Å². The number of anilines is 1.